The van der Waals surface area contributed by atoms with Crippen LogP contribution in [0.15, 0.2) is 18.2 Å². The molecule has 0 radical (unpaired) electrons. The van der Waals surface area contributed by atoms with E-state index in [1.54, 1.807) is 12.1 Å². The Hall–Kier alpha value is -1.18. The average Bonchev–Trinajstić information content (AvgIpc) is 1.85. The summed E-state index contributed by atoms with van der Waals surface area (Å²) in [5, 5.41) is 9.10. The highest BCUT2D eigenvalue weighted by Gasteiger charge is 1.99. The van der Waals surface area contributed by atoms with Crippen molar-refractivity contribution in [1.82, 2.24) is 0 Å². The van der Waals surface area contributed by atoms with Crippen LogP contribution in [-0.4, -0.2) is 19.2 Å². The highest BCUT2D eigenvalue weighted by atomic mass is 16.3. The van der Waals surface area contributed by atoms with Crippen molar-refractivity contribution in [1.29, 1.82) is 0 Å². The van der Waals surface area contributed by atoms with Gasteiger partial charge in [0.05, 0.1) is 0 Å². The van der Waals surface area contributed by atoms with Gasteiger partial charge in [0, 0.05) is 19.8 Å². The molecule has 1 aromatic carbocycles. The fraction of sp³-hybridized carbons (Fsp3) is 0.333. The van der Waals surface area contributed by atoms with Gasteiger partial charge in [0.2, 0.25) is 0 Å². The number of phenols is 1. The van der Waals surface area contributed by atoms with E-state index >= 15 is 0 Å². The van der Waals surface area contributed by atoms with Crippen LogP contribution in [0.5, 0.6) is 5.75 Å². The summed E-state index contributed by atoms with van der Waals surface area (Å²) in [5.41, 5.74) is 2.23. The van der Waals surface area contributed by atoms with Crippen molar-refractivity contribution in [2.75, 3.05) is 19.0 Å². The second-order valence-corrected chi connectivity index (χ2v) is 2.87. The molecule has 2 nitrogen and oxygen atoms in total. The van der Waals surface area contributed by atoms with E-state index in [1.807, 2.05) is 32.0 Å². The molecule has 11 heavy (non-hydrogen) atoms. The number of rotatable bonds is 1. The fourth-order valence-electron chi connectivity index (χ4n) is 1.14. The third-order valence-corrected chi connectivity index (χ3v) is 1.66. The molecule has 0 unspecified atom stereocenters. The molecular formula is C9H13NO. The zero-order valence-electron chi connectivity index (χ0n) is 7.13. The van der Waals surface area contributed by atoms with Crippen LogP contribution in [0.2, 0.25) is 0 Å². The highest BCUT2D eigenvalue weighted by Crippen LogP contribution is 2.21. The van der Waals surface area contributed by atoms with Crippen LogP contribution in [0.3, 0.4) is 0 Å². The molecule has 0 aliphatic rings. The molecule has 0 fully saturated rings. The van der Waals surface area contributed by atoms with E-state index in [-0.39, 0.29) is 0 Å². The Morgan fingerprint density at radius 3 is 2.36 bits per heavy atom. The summed E-state index contributed by atoms with van der Waals surface area (Å²) in [6, 6.07) is 5.36. The SMILES string of the molecule is Cc1cc(O)ccc1N(C)C. The first-order valence-electron chi connectivity index (χ1n) is 3.58. The van der Waals surface area contributed by atoms with E-state index in [0.29, 0.717) is 5.75 Å². The van der Waals surface area contributed by atoms with Crippen molar-refractivity contribution in [3.8, 4) is 5.75 Å². The standard InChI is InChI=1S/C9H13NO/c1-7-6-8(11)4-5-9(7)10(2)3/h4-6,11H,1-3H3. The van der Waals surface area contributed by atoms with E-state index in [2.05, 4.69) is 0 Å². The van der Waals surface area contributed by atoms with Crippen molar-refractivity contribution < 1.29 is 5.11 Å². The number of anilines is 1. The Morgan fingerprint density at radius 2 is 1.91 bits per heavy atom. The maximum Gasteiger partial charge on any atom is 0.115 e. The number of benzene rings is 1. The molecule has 0 saturated heterocycles. The minimum Gasteiger partial charge on any atom is -0.508 e. The van der Waals surface area contributed by atoms with Gasteiger partial charge >= 0.3 is 0 Å². The maximum absolute atomic E-state index is 9.10. The lowest BCUT2D eigenvalue weighted by molar-refractivity contribution is 0.475. The quantitative estimate of drug-likeness (QED) is 0.661. The molecule has 0 amide bonds. The van der Waals surface area contributed by atoms with E-state index in [4.69, 9.17) is 5.11 Å². The molecule has 0 atom stereocenters. The first kappa shape index (κ1) is 7.92. The normalized spacial score (nSPS) is 9.73. The smallest absolute Gasteiger partial charge is 0.115 e. The summed E-state index contributed by atoms with van der Waals surface area (Å²) in [4.78, 5) is 2.02. The van der Waals surface area contributed by atoms with Crippen LogP contribution in [0.1, 0.15) is 5.56 Å². The molecule has 0 heterocycles. The Kier molecular flexibility index (Phi) is 2.03. The number of aromatic hydroxyl groups is 1. The first-order valence-corrected chi connectivity index (χ1v) is 3.58. The van der Waals surface area contributed by atoms with Crippen LogP contribution in [0.25, 0.3) is 0 Å². The molecule has 0 saturated carbocycles. The number of nitrogens with zero attached hydrogens (tertiary/aromatic N) is 1. The van der Waals surface area contributed by atoms with Crippen molar-refractivity contribution in [2.24, 2.45) is 0 Å². The first-order chi connectivity index (χ1) is 5.11. The largest absolute Gasteiger partial charge is 0.508 e. The lowest BCUT2D eigenvalue weighted by atomic mass is 10.2. The van der Waals surface area contributed by atoms with Gasteiger partial charge in [-0.25, -0.2) is 0 Å². The van der Waals surface area contributed by atoms with E-state index in [1.165, 1.54) is 0 Å². The van der Waals surface area contributed by atoms with Crippen LogP contribution < -0.4 is 4.90 Å². The maximum atomic E-state index is 9.10. The summed E-state index contributed by atoms with van der Waals surface area (Å²) < 4.78 is 0. The Labute approximate surface area is 67.1 Å². The molecule has 0 aromatic heterocycles. The Morgan fingerprint density at radius 1 is 1.27 bits per heavy atom. The highest BCUT2D eigenvalue weighted by molar-refractivity contribution is 5.54. The lowest BCUT2D eigenvalue weighted by Gasteiger charge is -2.14. The van der Waals surface area contributed by atoms with Gasteiger partial charge in [-0.3, -0.25) is 0 Å². The summed E-state index contributed by atoms with van der Waals surface area (Å²) in [5.74, 6) is 0.327. The molecule has 1 rings (SSSR count). The van der Waals surface area contributed by atoms with Crippen LogP contribution in [0, 0.1) is 6.92 Å². The van der Waals surface area contributed by atoms with Gasteiger partial charge < -0.3 is 10.0 Å². The molecule has 60 valence electrons. The summed E-state index contributed by atoms with van der Waals surface area (Å²) >= 11 is 0. The number of aryl methyl sites for hydroxylation is 1. The minimum atomic E-state index is 0.327. The summed E-state index contributed by atoms with van der Waals surface area (Å²) in [7, 11) is 3.97. The Bertz CT molecular complexity index is 256. The third-order valence-electron chi connectivity index (χ3n) is 1.66. The molecule has 0 spiro atoms. The number of phenolic OH excluding ortho intramolecular Hbond substituents is 1. The van der Waals surface area contributed by atoms with Gasteiger partial charge in [0.25, 0.3) is 0 Å². The topological polar surface area (TPSA) is 23.5 Å². The van der Waals surface area contributed by atoms with Crippen molar-refractivity contribution in [3.05, 3.63) is 23.8 Å². The molecule has 1 N–H and O–H groups in total. The van der Waals surface area contributed by atoms with Gasteiger partial charge in [-0.05, 0) is 30.7 Å². The zero-order valence-corrected chi connectivity index (χ0v) is 7.13. The third kappa shape index (κ3) is 1.64. The van der Waals surface area contributed by atoms with Gasteiger partial charge in [-0.2, -0.15) is 0 Å². The van der Waals surface area contributed by atoms with E-state index in [9.17, 15) is 0 Å². The Balaban J connectivity index is 3.09. The van der Waals surface area contributed by atoms with Gasteiger partial charge in [0.1, 0.15) is 5.75 Å². The molecule has 0 aliphatic carbocycles. The fourth-order valence-corrected chi connectivity index (χ4v) is 1.14. The van der Waals surface area contributed by atoms with E-state index < -0.39 is 0 Å². The number of hydrogen-bond donors (Lipinski definition) is 1. The lowest BCUT2D eigenvalue weighted by Crippen LogP contribution is -2.09. The average molecular weight is 151 g/mol. The second kappa shape index (κ2) is 2.82. The predicted octanol–water partition coefficient (Wildman–Crippen LogP) is 1.77. The monoisotopic (exact) mass is 151 g/mol. The van der Waals surface area contributed by atoms with E-state index in [0.717, 1.165) is 11.3 Å². The van der Waals surface area contributed by atoms with Crippen LogP contribution in [-0.2, 0) is 0 Å². The van der Waals surface area contributed by atoms with Crippen LogP contribution in [0.4, 0.5) is 5.69 Å². The summed E-state index contributed by atoms with van der Waals surface area (Å²) in [6.45, 7) is 1.98. The molecule has 0 aliphatic heterocycles. The van der Waals surface area contributed by atoms with Crippen molar-refractivity contribution in [2.45, 2.75) is 6.92 Å². The molecule has 0 bridgehead atoms. The van der Waals surface area contributed by atoms with Crippen LogP contribution >= 0.6 is 0 Å². The second-order valence-electron chi connectivity index (χ2n) is 2.87. The van der Waals surface area contributed by atoms with Gasteiger partial charge in [0.15, 0.2) is 0 Å². The molecule has 2 heteroatoms. The van der Waals surface area contributed by atoms with Crippen molar-refractivity contribution in [3.63, 3.8) is 0 Å². The van der Waals surface area contributed by atoms with Crippen molar-refractivity contribution >= 4 is 5.69 Å². The van der Waals surface area contributed by atoms with Gasteiger partial charge in [-0.15, -0.1) is 0 Å². The zero-order chi connectivity index (χ0) is 8.43. The molecule has 1 aromatic rings. The summed E-state index contributed by atoms with van der Waals surface area (Å²) in [6.07, 6.45) is 0. The van der Waals surface area contributed by atoms with Gasteiger partial charge in [-0.1, -0.05) is 0 Å². The minimum absolute atomic E-state index is 0.327. The predicted molar refractivity (Wildman–Crippen MR) is 47.2 cm³/mol. The number of hydrogen-bond acceptors (Lipinski definition) is 2. The molecular weight excluding hydrogens is 138 g/mol.